The minimum Gasteiger partial charge on any atom is -0.314 e. The number of rotatable bonds is 5. The maximum atomic E-state index is 14.7. The number of fused-ring (bicyclic) bond motifs is 4. The van der Waals surface area contributed by atoms with E-state index in [1.54, 1.807) is 23.2 Å². The van der Waals surface area contributed by atoms with E-state index in [2.05, 4.69) is 45.2 Å². The summed E-state index contributed by atoms with van der Waals surface area (Å²) in [6, 6.07) is 47.8. The van der Waals surface area contributed by atoms with Gasteiger partial charge in [-0.2, -0.15) is 0 Å². The lowest BCUT2D eigenvalue weighted by Gasteiger charge is -2.14. The molecule has 10 aromatic rings. The third kappa shape index (κ3) is 4.56. The van der Waals surface area contributed by atoms with Gasteiger partial charge < -0.3 is 17.9 Å². The van der Waals surface area contributed by atoms with E-state index in [1.807, 2.05) is 122 Å². The van der Waals surface area contributed by atoms with Crippen molar-refractivity contribution in [2.24, 2.45) is 14.1 Å². The van der Waals surface area contributed by atoms with Gasteiger partial charge in [-0.1, -0.05) is 97.1 Å². The maximum Gasteiger partial charge on any atom is 0.277 e. The highest BCUT2D eigenvalue weighted by Gasteiger charge is 2.33. The fourth-order valence-electron chi connectivity index (χ4n) is 8.02. The Morgan fingerprint density at radius 2 is 0.741 bits per heavy atom. The van der Waals surface area contributed by atoms with E-state index in [0.29, 0.717) is 33.5 Å². The highest BCUT2D eigenvalue weighted by atomic mass is 16.1. The van der Waals surface area contributed by atoms with Gasteiger partial charge in [0.2, 0.25) is 0 Å². The number of aryl methyl sites for hydroxylation is 2. The quantitative estimate of drug-likeness (QED) is 0.180. The second-order valence-electron chi connectivity index (χ2n) is 13.5. The molecule has 0 atom stereocenters. The fraction of sp³-hybridized carbons (Fsp3) is 0.0435. The summed E-state index contributed by atoms with van der Waals surface area (Å²) in [6.45, 7) is 0. The Morgan fingerprint density at radius 1 is 0.389 bits per heavy atom. The normalized spacial score (nSPS) is 11.7. The number of hydrogen-bond donors (Lipinski definition) is 0. The van der Waals surface area contributed by atoms with E-state index in [-0.39, 0.29) is 11.1 Å². The molecule has 10 rings (SSSR count). The van der Waals surface area contributed by atoms with Gasteiger partial charge in [-0.3, -0.25) is 9.59 Å². The molecule has 4 aromatic carbocycles. The molecule has 8 heteroatoms. The molecule has 6 heterocycles. The first-order chi connectivity index (χ1) is 26.5. The van der Waals surface area contributed by atoms with Crippen molar-refractivity contribution >= 4 is 33.1 Å². The predicted octanol–water partition coefficient (Wildman–Crippen LogP) is 9.02. The van der Waals surface area contributed by atoms with Crippen LogP contribution in [0.15, 0.2) is 168 Å². The van der Waals surface area contributed by atoms with Gasteiger partial charge in [0.05, 0.1) is 44.5 Å². The first kappa shape index (κ1) is 31.4. The summed E-state index contributed by atoms with van der Waals surface area (Å²) in [7, 11) is 3.59. The molecule has 0 unspecified atom stereocenters. The van der Waals surface area contributed by atoms with Gasteiger partial charge in [0.25, 0.3) is 11.1 Å². The smallest absolute Gasteiger partial charge is 0.277 e. The molecule has 0 aliphatic carbocycles. The van der Waals surface area contributed by atoms with Crippen molar-refractivity contribution in [1.82, 2.24) is 27.9 Å². The summed E-state index contributed by atoms with van der Waals surface area (Å²) in [5, 5.41) is 0. The largest absolute Gasteiger partial charge is 0.314 e. The maximum absolute atomic E-state index is 14.7. The van der Waals surface area contributed by atoms with Crippen LogP contribution in [0.5, 0.6) is 0 Å². The van der Waals surface area contributed by atoms with E-state index in [1.165, 1.54) is 0 Å². The van der Waals surface area contributed by atoms with Crippen LogP contribution in [-0.2, 0) is 14.1 Å². The molecule has 0 saturated heterocycles. The van der Waals surface area contributed by atoms with E-state index in [9.17, 15) is 9.59 Å². The van der Waals surface area contributed by atoms with Gasteiger partial charge in [-0.15, -0.1) is 0 Å². The van der Waals surface area contributed by atoms with Gasteiger partial charge in [0.1, 0.15) is 11.4 Å². The molecule has 54 heavy (non-hydrogen) atoms. The second-order valence-corrected chi connectivity index (χ2v) is 13.5. The van der Waals surface area contributed by atoms with Crippen LogP contribution < -0.4 is 11.1 Å². The third-order valence-corrected chi connectivity index (χ3v) is 10.5. The summed E-state index contributed by atoms with van der Waals surface area (Å²) >= 11 is 0. The van der Waals surface area contributed by atoms with Crippen molar-refractivity contribution in [3.63, 3.8) is 0 Å². The molecule has 0 aliphatic rings. The predicted molar refractivity (Wildman–Crippen MR) is 217 cm³/mol. The molecular formula is C46H32N6O2. The molecule has 0 bridgehead atoms. The van der Waals surface area contributed by atoms with Gasteiger partial charge in [-0.25, -0.2) is 9.97 Å². The van der Waals surface area contributed by atoms with Gasteiger partial charge in [0.15, 0.2) is 0 Å². The molecule has 0 fully saturated rings. The molecule has 0 radical (unpaired) electrons. The molecule has 6 aromatic heterocycles. The lowest BCUT2D eigenvalue weighted by atomic mass is 9.94. The van der Waals surface area contributed by atoms with Crippen molar-refractivity contribution in [2.45, 2.75) is 0 Å². The Balaban J connectivity index is 1.48. The summed E-state index contributed by atoms with van der Waals surface area (Å²) in [6.07, 6.45) is 4.04. The van der Waals surface area contributed by atoms with Crippen molar-refractivity contribution in [1.29, 1.82) is 0 Å². The number of para-hydroxylation sites is 4. The Hall–Kier alpha value is -7.32. The molecule has 0 spiro atoms. The number of aromatic nitrogens is 6. The van der Waals surface area contributed by atoms with Crippen LogP contribution >= 0.6 is 0 Å². The first-order valence-electron chi connectivity index (χ1n) is 17.8. The number of benzene rings is 4. The Morgan fingerprint density at radius 3 is 1.17 bits per heavy atom. The lowest BCUT2D eigenvalue weighted by Crippen LogP contribution is -2.22. The molecule has 258 valence electrons. The summed E-state index contributed by atoms with van der Waals surface area (Å²) in [5.74, 6) is 0. The summed E-state index contributed by atoms with van der Waals surface area (Å²) in [4.78, 5) is 39.8. The van der Waals surface area contributed by atoms with Gasteiger partial charge in [0, 0.05) is 48.7 Å². The number of pyridine rings is 2. The third-order valence-electron chi connectivity index (χ3n) is 10.5. The molecule has 0 aliphatic heterocycles. The second kappa shape index (κ2) is 12.1. The Labute approximate surface area is 309 Å². The van der Waals surface area contributed by atoms with Gasteiger partial charge >= 0.3 is 0 Å². The van der Waals surface area contributed by atoms with Crippen LogP contribution in [0.2, 0.25) is 0 Å². The average Bonchev–Trinajstić information content (AvgIpc) is 3.74. The Kier molecular flexibility index (Phi) is 7.06. The highest BCUT2D eigenvalue weighted by Crippen LogP contribution is 2.50. The number of hydrogen-bond acceptors (Lipinski definition) is 4. The first-order valence-corrected chi connectivity index (χ1v) is 17.8. The van der Waals surface area contributed by atoms with Crippen LogP contribution in [0.25, 0.3) is 89.3 Å². The van der Waals surface area contributed by atoms with E-state index in [0.717, 1.165) is 55.7 Å². The monoisotopic (exact) mass is 700 g/mol. The molecule has 0 saturated carbocycles. The average molecular weight is 701 g/mol. The minimum atomic E-state index is -0.228. The topological polar surface area (TPSA) is 78.6 Å². The summed E-state index contributed by atoms with van der Waals surface area (Å²) < 4.78 is 7.61. The lowest BCUT2D eigenvalue weighted by molar-refractivity contribution is 0.895. The zero-order chi connectivity index (χ0) is 36.5. The van der Waals surface area contributed by atoms with Crippen LogP contribution in [0, 0.1) is 0 Å². The Bertz CT molecular complexity index is 3010. The standard InChI is InChI=1S/C46H32N6O2/c1-49-33-23-11-9-21-31(33)47-41(45(49)53)39-37(29-17-5-3-6-18-29)35-25-13-15-27-51(35)43(39)44-40(42-46(54)50(2)34-24-12-10-22-32(34)48-42)38(30-19-7-4-8-20-30)36-26-14-16-28-52(36)44/h3-28H,1-2H3. The molecule has 0 N–H and O–H groups in total. The van der Waals surface area contributed by atoms with E-state index < -0.39 is 0 Å². The van der Waals surface area contributed by atoms with Crippen LogP contribution in [0.3, 0.4) is 0 Å². The zero-order valence-electron chi connectivity index (χ0n) is 29.5. The zero-order valence-corrected chi connectivity index (χ0v) is 29.5. The minimum absolute atomic E-state index is 0.228. The molecular weight excluding hydrogens is 669 g/mol. The van der Waals surface area contributed by atoms with Gasteiger partial charge in [-0.05, 0) is 59.7 Å². The van der Waals surface area contributed by atoms with Crippen molar-refractivity contribution in [3.05, 3.63) is 179 Å². The SMILES string of the molecule is Cn1c(=O)c(-c2c(-c3ccccc3)c3ccccn3c2-c2c(-c3nc4ccccc4n(C)c3=O)c(-c3ccccc3)c3ccccn23)nc2ccccc21. The molecule has 8 nitrogen and oxygen atoms in total. The van der Waals surface area contributed by atoms with Crippen LogP contribution in [0.1, 0.15) is 0 Å². The summed E-state index contributed by atoms with van der Waals surface area (Å²) in [5.41, 5.74) is 11.2. The van der Waals surface area contributed by atoms with Crippen molar-refractivity contribution in [3.8, 4) is 56.2 Å². The van der Waals surface area contributed by atoms with Crippen molar-refractivity contribution in [2.75, 3.05) is 0 Å². The number of nitrogens with zero attached hydrogens (tertiary/aromatic N) is 6. The molecule has 0 amide bonds. The highest BCUT2D eigenvalue weighted by molar-refractivity contribution is 6.09. The van der Waals surface area contributed by atoms with Crippen LogP contribution in [0.4, 0.5) is 0 Å². The van der Waals surface area contributed by atoms with Crippen molar-refractivity contribution < 1.29 is 0 Å². The van der Waals surface area contributed by atoms with E-state index in [4.69, 9.17) is 9.97 Å². The fourth-order valence-corrected chi connectivity index (χ4v) is 8.02. The van der Waals surface area contributed by atoms with E-state index >= 15 is 0 Å². The van der Waals surface area contributed by atoms with Crippen LogP contribution in [-0.4, -0.2) is 27.9 Å².